The first-order valence-electron chi connectivity index (χ1n) is 5.44. The van der Waals surface area contributed by atoms with Gasteiger partial charge in [0.25, 0.3) is 25.9 Å². The van der Waals surface area contributed by atoms with Crippen LogP contribution in [-0.4, -0.2) is 43.8 Å². The van der Waals surface area contributed by atoms with Crippen LogP contribution in [0.3, 0.4) is 0 Å². The number of nitrogens with zero attached hydrogens (tertiary/aromatic N) is 2. The molecule has 1 rings (SSSR count). The first kappa shape index (κ1) is 22.6. The van der Waals surface area contributed by atoms with Crippen LogP contribution in [-0.2, 0) is 24.8 Å². The molecule has 1 heterocycles. The van der Waals surface area contributed by atoms with E-state index in [1.807, 2.05) is 0 Å². The van der Waals surface area contributed by atoms with Gasteiger partial charge in [-0.1, -0.05) is 4.55 Å². The molecule has 0 amide bonds. The van der Waals surface area contributed by atoms with E-state index in [1.54, 1.807) is 20.8 Å². The van der Waals surface area contributed by atoms with Crippen molar-refractivity contribution in [2.24, 2.45) is 0 Å². The SMILES string of the molecule is CS(=O)(=O)O.CS([O])(=O)=O.Cc1cnc(C)c(C)c1[N+](=O)[O-]. The van der Waals surface area contributed by atoms with Crippen LogP contribution in [0.25, 0.3) is 0 Å². The van der Waals surface area contributed by atoms with Gasteiger partial charge in [-0.25, -0.2) is 0 Å². The molecule has 10 nitrogen and oxygen atoms in total. The molecule has 1 aromatic rings. The number of nitro groups is 1. The minimum absolute atomic E-state index is 0.183. The van der Waals surface area contributed by atoms with Gasteiger partial charge in [0.15, 0.2) is 0 Å². The Morgan fingerprint density at radius 1 is 1.14 bits per heavy atom. The summed E-state index contributed by atoms with van der Waals surface area (Å²) in [5, 5.41) is 10.6. The zero-order valence-corrected chi connectivity index (χ0v) is 14.2. The monoisotopic (exact) mass is 357 g/mol. The van der Waals surface area contributed by atoms with Gasteiger partial charge in [-0.3, -0.25) is 19.7 Å². The third kappa shape index (κ3) is 14.8. The van der Waals surface area contributed by atoms with E-state index < -0.39 is 20.2 Å². The van der Waals surface area contributed by atoms with Crippen LogP contribution >= 0.6 is 0 Å². The minimum atomic E-state index is -3.92. The molecule has 1 radical (unpaired) electrons. The van der Waals surface area contributed by atoms with Gasteiger partial charge in [-0.2, -0.15) is 16.8 Å². The van der Waals surface area contributed by atoms with Crippen molar-refractivity contribution in [3.63, 3.8) is 0 Å². The molecule has 0 saturated heterocycles. The van der Waals surface area contributed by atoms with E-state index in [9.17, 15) is 18.5 Å². The Hall–Kier alpha value is -1.63. The third-order valence-electron chi connectivity index (χ3n) is 1.91. The lowest BCUT2D eigenvalue weighted by Crippen LogP contribution is -1.98. The lowest BCUT2D eigenvalue weighted by Gasteiger charge is -2.02. The summed E-state index contributed by atoms with van der Waals surface area (Å²) in [5.41, 5.74) is 2.16. The van der Waals surface area contributed by atoms with Crippen LogP contribution in [0.2, 0.25) is 0 Å². The average molecular weight is 357 g/mol. The van der Waals surface area contributed by atoms with Gasteiger partial charge in [-0.15, -0.1) is 0 Å². The molecule has 0 spiro atoms. The summed E-state index contributed by atoms with van der Waals surface area (Å²) in [5.74, 6) is 0. The molecule has 1 N–H and O–H groups in total. The number of hydrogen-bond donors (Lipinski definition) is 1. The summed E-state index contributed by atoms with van der Waals surface area (Å²) >= 11 is 0. The van der Waals surface area contributed by atoms with E-state index in [-0.39, 0.29) is 10.6 Å². The Morgan fingerprint density at radius 2 is 1.45 bits per heavy atom. The van der Waals surface area contributed by atoms with Gasteiger partial charge in [0.1, 0.15) is 0 Å². The number of rotatable bonds is 1. The van der Waals surface area contributed by atoms with Crippen LogP contribution < -0.4 is 0 Å². The molecule has 0 aliphatic carbocycles. The Kier molecular flexibility index (Phi) is 8.98. The summed E-state index contributed by atoms with van der Waals surface area (Å²) < 4.78 is 53.1. The van der Waals surface area contributed by atoms with Crippen molar-refractivity contribution in [3.8, 4) is 0 Å². The van der Waals surface area contributed by atoms with Crippen molar-refractivity contribution in [1.82, 2.24) is 4.98 Å². The topological polar surface area (TPSA) is 164 Å². The summed E-state index contributed by atoms with van der Waals surface area (Å²) in [7, 11) is -7.58. The van der Waals surface area contributed by atoms with E-state index in [0.717, 1.165) is 0 Å². The van der Waals surface area contributed by atoms with Gasteiger partial charge in [-0.05, 0) is 20.8 Å². The average Bonchev–Trinajstić information content (AvgIpc) is 2.18. The Labute approximate surface area is 128 Å². The maximum atomic E-state index is 10.6. The molecule has 12 heteroatoms. The molecule has 0 unspecified atom stereocenters. The predicted molar refractivity (Wildman–Crippen MR) is 78.1 cm³/mol. The lowest BCUT2D eigenvalue weighted by molar-refractivity contribution is -0.386. The van der Waals surface area contributed by atoms with E-state index in [1.165, 1.54) is 6.20 Å². The van der Waals surface area contributed by atoms with Crippen molar-refractivity contribution in [2.75, 3.05) is 12.5 Å². The highest BCUT2D eigenvalue weighted by atomic mass is 32.2. The zero-order valence-electron chi connectivity index (χ0n) is 12.6. The highest BCUT2D eigenvalue weighted by molar-refractivity contribution is 7.85. The summed E-state index contributed by atoms with van der Waals surface area (Å²) in [6.07, 6.45) is 2.85. The lowest BCUT2D eigenvalue weighted by atomic mass is 10.1. The van der Waals surface area contributed by atoms with Gasteiger partial charge in [0, 0.05) is 23.0 Å². The molecule has 0 aliphatic heterocycles. The number of aromatic nitrogens is 1. The van der Waals surface area contributed by atoms with Crippen LogP contribution in [0.4, 0.5) is 5.69 Å². The molecular formula is C10H17N2O8S2. The molecular weight excluding hydrogens is 340 g/mol. The van der Waals surface area contributed by atoms with Crippen molar-refractivity contribution >= 4 is 25.9 Å². The van der Waals surface area contributed by atoms with Crippen molar-refractivity contribution in [1.29, 1.82) is 0 Å². The van der Waals surface area contributed by atoms with Crippen LogP contribution in [0.5, 0.6) is 0 Å². The smallest absolute Gasteiger partial charge is 0.286 e. The van der Waals surface area contributed by atoms with Gasteiger partial charge in [0.2, 0.25) is 0 Å². The summed E-state index contributed by atoms with van der Waals surface area (Å²) in [6, 6.07) is 0. The van der Waals surface area contributed by atoms with E-state index >= 15 is 0 Å². The van der Waals surface area contributed by atoms with Crippen molar-refractivity contribution in [3.05, 3.63) is 33.1 Å². The van der Waals surface area contributed by atoms with E-state index in [4.69, 9.17) is 17.5 Å². The molecule has 0 bridgehead atoms. The largest absolute Gasteiger partial charge is 0.291 e. The van der Waals surface area contributed by atoms with Gasteiger partial charge < -0.3 is 0 Å². The predicted octanol–water partition coefficient (Wildman–Crippen LogP) is 0.796. The maximum absolute atomic E-state index is 10.6. The number of pyridine rings is 1. The normalized spacial score (nSPS) is 10.7. The van der Waals surface area contributed by atoms with Gasteiger partial charge in [0.05, 0.1) is 17.4 Å². The van der Waals surface area contributed by atoms with E-state index in [2.05, 4.69) is 4.98 Å². The molecule has 0 atom stereocenters. The van der Waals surface area contributed by atoms with Crippen LogP contribution in [0, 0.1) is 30.9 Å². The molecule has 1 aromatic heterocycles. The second kappa shape index (κ2) is 8.73. The first-order chi connectivity index (χ1) is 9.54. The molecule has 0 fully saturated rings. The molecule has 22 heavy (non-hydrogen) atoms. The summed E-state index contributed by atoms with van der Waals surface area (Å²) in [4.78, 5) is 14.2. The number of hydrogen-bond acceptors (Lipinski definition) is 7. The second-order valence-electron chi connectivity index (χ2n) is 4.19. The van der Waals surface area contributed by atoms with Crippen LogP contribution in [0.15, 0.2) is 6.20 Å². The highest BCUT2D eigenvalue weighted by Crippen LogP contribution is 2.22. The second-order valence-corrected chi connectivity index (χ2v) is 7.07. The zero-order chi connectivity index (χ0) is 18.3. The van der Waals surface area contributed by atoms with E-state index in [0.29, 0.717) is 29.3 Å². The third-order valence-corrected chi connectivity index (χ3v) is 1.91. The molecule has 0 saturated carbocycles. The molecule has 127 valence electrons. The Balaban J connectivity index is 0. The standard InChI is InChI=1S/C8H10N2O2.CH4O3S.CH3O3S/c1-5-4-9-7(3)6(2)8(5)10(11)12;2*1-5(2,3)4/h4H,1-3H3;1H3,(H,2,3,4);1H3. The first-order valence-corrected chi connectivity index (χ1v) is 9.11. The molecule has 0 aliphatic rings. The minimum Gasteiger partial charge on any atom is -0.286 e. The van der Waals surface area contributed by atoms with Gasteiger partial charge >= 0.3 is 0 Å². The number of aryl methyl sites for hydroxylation is 2. The fourth-order valence-electron chi connectivity index (χ4n) is 1.10. The fraction of sp³-hybridized carbons (Fsp3) is 0.500. The Bertz CT molecular complexity index is 680. The molecule has 0 aromatic carbocycles. The maximum Gasteiger partial charge on any atom is 0.291 e. The quantitative estimate of drug-likeness (QED) is 0.437. The van der Waals surface area contributed by atoms with Crippen molar-refractivity contribution < 1.29 is 30.9 Å². The van der Waals surface area contributed by atoms with Crippen LogP contribution in [0.1, 0.15) is 16.8 Å². The highest BCUT2D eigenvalue weighted by Gasteiger charge is 2.15. The van der Waals surface area contributed by atoms with Crippen molar-refractivity contribution in [2.45, 2.75) is 20.8 Å². The Morgan fingerprint density at radius 3 is 1.68 bits per heavy atom. The summed E-state index contributed by atoms with van der Waals surface area (Å²) in [6.45, 7) is 5.17. The fourth-order valence-corrected chi connectivity index (χ4v) is 1.10.